The number of hydrogen-bond donors (Lipinski definition) is 0. The number of carbonyl (C=O) groups is 2. The largest absolute Gasteiger partial charge is 0.452 e. The summed E-state index contributed by atoms with van der Waals surface area (Å²) < 4.78 is 5.86. The van der Waals surface area contributed by atoms with Gasteiger partial charge in [-0.3, -0.25) is 4.79 Å². The molecule has 1 saturated carbocycles. The van der Waals surface area contributed by atoms with Crippen LogP contribution in [-0.2, 0) is 9.63 Å². The third-order valence-corrected chi connectivity index (χ3v) is 8.32. The molecule has 5 rings (SSSR count). The topological polar surface area (TPSA) is 68.9 Å². The monoisotopic (exact) mass is 539 g/mol. The molecule has 0 amide bonds. The van der Waals surface area contributed by atoms with Crippen molar-refractivity contribution in [1.82, 2.24) is 0 Å². The number of benzene rings is 3. The van der Waals surface area contributed by atoms with E-state index in [0.717, 1.165) is 56.4 Å². The average molecular weight is 540 g/mol. The van der Waals surface area contributed by atoms with Gasteiger partial charge in [-0.25, -0.2) is 4.79 Å². The maximum atomic E-state index is 13.0. The van der Waals surface area contributed by atoms with Crippen molar-refractivity contribution in [2.45, 2.75) is 68.6 Å². The van der Waals surface area contributed by atoms with Crippen LogP contribution >= 0.6 is 11.8 Å². The number of ketones is 1. The summed E-state index contributed by atoms with van der Waals surface area (Å²) in [5, 5.41) is 5.12. The van der Waals surface area contributed by atoms with Gasteiger partial charge in [-0.15, -0.1) is 0 Å². The van der Waals surface area contributed by atoms with E-state index in [9.17, 15) is 9.59 Å². The van der Waals surface area contributed by atoms with Gasteiger partial charge in [0.2, 0.25) is 5.78 Å². The summed E-state index contributed by atoms with van der Waals surface area (Å²) >= 11 is 1.62. The number of oxime groups is 1. The Bertz CT molecular complexity index is 1480. The first-order valence-corrected chi connectivity index (χ1v) is 14.4. The molecule has 0 unspecified atom stereocenters. The molecule has 1 fully saturated rings. The molecule has 6 heteroatoms. The minimum Gasteiger partial charge on any atom is -0.452 e. The number of aryl methyl sites for hydroxylation is 1. The molecule has 0 spiro atoms. The highest BCUT2D eigenvalue weighted by molar-refractivity contribution is 7.99. The molecule has 39 heavy (non-hydrogen) atoms. The zero-order chi connectivity index (χ0) is 27.2. The van der Waals surface area contributed by atoms with Crippen molar-refractivity contribution in [1.29, 1.82) is 0 Å². The van der Waals surface area contributed by atoms with Gasteiger partial charge in [0.25, 0.3) is 0 Å². The number of carbonyl (C=O) groups excluding carboxylic acids is 2. The van der Waals surface area contributed by atoms with Crippen LogP contribution in [0, 0.1) is 12.8 Å². The van der Waals surface area contributed by atoms with E-state index in [4.69, 9.17) is 9.25 Å². The molecule has 0 atom stereocenters. The number of hydrogen-bond acceptors (Lipinski definition) is 6. The maximum Gasteiger partial charge on any atom is 0.331 e. The van der Waals surface area contributed by atoms with Gasteiger partial charge in [-0.05, 0) is 79.3 Å². The van der Waals surface area contributed by atoms with Crippen molar-refractivity contribution < 1.29 is 18.8 Å². The summed E-state index contributed by atoms with van der Waals surface area (Å²) in [4.78, 5) is 31.5. The van der Waals surface area contributed by atoms with E-state index in [1.807, 2.05) is 67.6 Å². The highest BCUT2D eigenvalue weighted by Gasteiger charge is 2.17. The predicted octanol–water partition coefficient (Wildman–Crippen LogP) is 8.75. The molecule has 1 heterocycles. The second-order valence-corrected chi connectivity index (χ2v) is 11.4. The van der Waals surface area contributed by atoms with Gasteiger partial charge >= 0.3 is 5.97 Å². The fourth-order valence-electron chi connectivity index (χ4n) is 5.17. The van der Waals surface area contributed by atoms with E-state index in [2.05, 4.69) is 17.3 Å². The van der Waals surface area contributed by atoms with E-state index < -0.39 is 5.97 Å². The van der Waals surface area contributed by atoms with Gasteiger partial charge in [-0.1, -0.05) is 79.4 Å². The van der Waals surface area contributed by atoms with Crippen molar-refractivity contribution in [3.63, 3.8) is 0 Å². The first kappa shape index (κ1) is 26.9. The van der Waals surface area contributed by atoms with Crippen LogP contribution in [0.15, 0.2) is 92.2 Å². The second-order valence-electron chi connectivity index (χ2n) is 10.2. The molecule has 1 aromatic heterocycles. The molecular weight excluding hydrogens is 506 g/mol. The summed E-state index contributed by atoms with van der Waals surface area (Å²) in [5.41, 5.74) is 4.15. The Morgan fingerprint density at radius 3 is 2.23 bits per heavy atom. The van der Waals surface area contributed by atoms with Crippen molar-refractivity contribution in [2.75, 3.05) is 0 Å². The Hall–Kier alpha value is -3.64. The van der Waals surface area contributed by atoms with Crippen LogP contribution < -0.4 is 0 Å². The highest BCUT2D eigenvalue weighted by Crippen LogP contribution is 2.31. The second kappa shape index (κ2) is 12.5. The highest BCUT2D eigenvalue weighted by atomic mass is 32.2. The molecule has 0 bridgehead atoms. The quantitative estimate of drug-likeness (QED) is 0.0920. The first-order valence-electron chi connectivity index (χ1n) is 13.6. The Morgan fingerprint density at radius 1 is 0.923 bits per heavy atom. The molecule has 0 N–H and O–H groups in total. The van der Waals surface area contributed by atoms with Crippen LogP contribution in [0.25, 0.3) is 11.0 Å². The molecule has 1 aliphatic rings. The summed E-state index contributed by atoms with van der Waals surface area (Å²) in [5.74, 6) is 0.543. The number of fused-ring (bicyclic) bond motifs is 1. The van der Waals surface area contributed by atoms with Crippen molar-refractivity contribution >= 4 is 40.2 Å². The maximum absolute atomic E-state index is 13.0. The molecule has 0 radical (unpaired) electrons. The van der Waals surface area contributed by atoms with E-state index in [1.54, 1.807) is 11.8 Å². The first-order chi connectivity index (χ1) is 19.0. The number of rotatable bonds is 9. The summed E-state index contributed by atoms with van der Waals surface area (Å²) in [7, 11) is 0. The molecule has 200 valence electrons. The molecule has 0 saturated heterocycles. The van der Waals surface area contributed by atoms with Crippen LogP contribution in [-0.4, -0.2) is 17.5 Å². The minimum absolute atomic E-state index is 0.126. The lowest BCUT2D eigenvalue weighted by Crippen LogP contribution is -2.10. The van der Waals surface area contributed by atoms with E-state index in [0.29, 0.717) is 11.3 Å². The average Bonchev–Trinajstić information content (AvgIpc) is 3.40. The SMILES string of the molecule is CC(=O)ON=C(CCC1CCCCC1)c1ccc(Sc2ccc(C(=O)c3cc4cccc(C)c4o3)cc2)cc1. The molecule has 0 aliphatic heterocycles. The fourth-order valence-corrected chi connectivity index (χ4v) is 5.98. The Balaban J connectivity index is 1.24. The Kier molecular flexibility index (Phi) is 8.62. The zero-order valence-corrected chi connectivity index (χ0v) is 23.3. The van der Waals surface area contributed by atoms with Crippen LogP contribution in [0.1, 0.15) is 79.1 Å². The van der Waals surface area contributed by atoms with Crippen molar-refractivity contribution in [3.8, 4) is 0 Å². The fraction of sp³-hybridized carbons (Fsp3) is 0.303. The molecule has 1 aliphatic carbocycles. The van der Waals surface area contributed by atoms with Gasteiger partial charge in [-0.2, -0.15) is 0 Å². The lowest BCUT2D eigenvalue weighted by molar-refractivity contribution is -0.140. The third-order valence-electron chi connectivity index (χ3n) is 7.30. The predicted molar refractivity (Wildman–Crippen MR) is 156 cm³/mol. The number of nitrogens with zero attached hydrogens (tertiary/aromatic N) is 1. The van der Waals surface area contributed by atoms with Gasteiger partial charge in [0.15, 0.2) is 5.76 Å². The van der Waals surface area contributed by atoms with Crippen LogP contribution in [0.2, 0.25) is 0 Å². The van der Waals surface area contributed by atoms with Crippen molar-refractivity contribution in [2.24, 2.45) is 11.1 Å². The molecule has 4 aromatic rings. The van der Waals surface area contributed by atoms with Crippen LogP contribution in [0.5, 0.6) is 0 Å². The molecular formula is C33H33NO4S. The lowest BCUT2D eigenvalue weighted by atomic mass is 9.85. The van der Waals surface area contributed by atoms with Gasteiger partial charge < -0.3 is 9.25 Å². The zero-order valence-electron chi connectivity index (χ0n) is 22.4. The number of para-hydroxylation sites is 1. The standard InChI is InChI=1S/C33H33NO4S/c1-22-7-6-10-27-21-31(37-33(22)27)32(36)26-14-18-29(19-15-26)39-28-16-12-25(13-17-28)30(34-38-23(2)35)20-11-24-8-4-3-5-9-24/h6-7,10,12-19,21,24H,3-5,8-9,11,20H2,1-2H3. The molecule has 5 nitrogen and oxygen atoms in total. The third kappa shape index (κ3) is 6.87. The van der Waals surface area contributed by atoms with Gasteiger partial charge in [0, 0.05) is 27.7 Å². The molecule has 3 aromatic carbocycles. The summed E-state index contributed by atoms with van der Waals surface area (Å²) in [6, 6.07) is 23.5. The normalized spacial score (nSPS) is 14.5. The summed E-state index contributed by atoms with van der Waals surface area (Å²) in [6.45, 7) is 3.35. The van der Waals surface area contributed by atoms with Crippen molar-refractivity contribution in [3.05, 3.63) is 95.2 Å². The summed E-state index contributed by atoms with van der Waals surface area (Å²) in [6.07, 6.45) is 8.37. The van der Waals surface area contributed by atoms with Gasteiger partial charge in [0.1, 0.15) is 5.58 Å². The van der Waals surface area contributed by atoms with E-state index in [1.165, 1.54) is 39.0 Å². The van der Waals surface area contributed by atoms with Crippen LogP contribution in [0.4, 0.5) is 0 Å². The Labute approximate surface area is 233 Å². The number of furan rings is 1. The lowest BCUT2D eigenvalue weighted by Gasteiger charge is -2.21. The van der Waals surface area contributed by atoms with E-state index in [-0.39, 0.29) is 5.78 Å². The van der Waals surface area contributed by atoms with E-state index >= 15 is 0 Å². The smallest absolute Gasteiger partial charge is 0.331 e. The van der Waals surface area contributed by atoms with Gasteiger partial charge in [0.05, 0.1) is 5.71 Å². The Morgan fingerprint density at radius 2 is 1.59 bits per heavy atom. The van der Waals surface area contributed by atoms with Crippen LogP contribution in [0.3, 0.4) is 0 Å². The minimum atomic E-state index is -0.408.